The van der Waals surface area contributed by atoms with Crippen LogP contribution >= 0.6 is 0 Å². The van der Waals surface area contributed by atoms with Crippen LogP contribution in [-0.4, -0.2) is 42.3 Å². The Balaban J connectivity index is 1.89. The number of likely N-dealkylation sites (tertiary alicyclic amines) is 1. The first kappa shape index (κ1) is 15.9. The zero-order valence-corrected chi connectivity index (χ0v) is 12.6. The van der Waals surface area contributed by atoms with Gasteiger partial charge in [0.2, 0.25) is 11.8 Å². The minimum Gasteiger partial charge on any atom is -0.344 e. The minimum atomic E-state index is -0.546. The molecule has 0 bridgehead atoms. The van der Waals surface area contributed by atoms with Crippen molar-refractivity contribution in [2.24, 2.45) is 17.6 Å². The second kappa shape index (κ2) is 7.02. The van der Waals surface area contributed by atoms with Crippen LogP contribution < -0.4 is 11.1 Å². The highest BCUT2D eigenvalue weighted by molar-refractivity contribution is 6.01. The molecule has 6 nitrogen and oxygen atoms in total. The van der Waals surface area contributed by atoms with Gasteiger partial charge in [-0.05, 0) is 38.1 Å². The first-order valence-electron chi connectivity index (χ1n) is 7.83. The summed E-state index contributed by atoms with van der Waals surface area (Å²) in [5.41, 5.74) is 5.59. The van der Waals surface area contributed by atoms with Crippen LogP contribution in [-0.2, 0) is 14.4 Å². The summed E-state index contributed by atoms with van der Waals surface area (Å²) in [4.78, 5) is 36.9. The Morgan fingerprint density at radius 1 is 1.33 bits per heavy atom. The van der Waals surface area contributed by atoms with Crippen molar-refractivity contribution in [2.45, 2.75) is 51.0 Å². The fraction of sp³-hybridized carbons (Fsp3) is 0.800. The van der Waals surface area contributed by atoms with Crippen molar-refractivity contribution in [1.82, 2.24) is 10.2 Å². The first-order valence-corrected chi connectivity index (χ1v) is 7.83. The molecule has 118 valence electrons. The lowest BCUT2D eigenvalue weighted by atomic mass is 9.79. The van der Waals surface area contributed by atoms with Crippen LogP contribution in [0.2, 0.25) is 0 Å². The number of hydrogen-bond donors (Lipinski definition) is 2. The smallest absolute Gasteiger partial charge is 0.251 e. The Labute approximate surface area is 125 Å². The number of carbonyl (C=O) groups is 3. The fourth-order valence-electron chi connectivity index (χ4n) is 3.37. The molecule has 3 unspecified atom stereocenters. The molecule has 6 heteroatoms. The second-order valence-corrected chi connectivity index (χ2v) is 6.20. The summed E-state index contributed by atoms with van der Waals surface area (Å²) < 4.78 is 0. The van der Waals surface area contributed by atoms with Crippen LogP contribution in [0.15, 0.2) is 0 Å². The lowest BCUT2D eigenvalue weighted by molar-refractivity contribution is -0.149. The number of hydrogen-bond acceptors (Lipinski definition) is 4. The van der Waals surface area contributed by atoms with Crippen LogP contribution in [0.1, 0.15) is 44.9 Å². The van der Waals surface area contributed by atoms with E-state index in [1.165, 1.54) is 7.05 Å². The van der Waals surface area contributed by atoms with Crippen molar-refractivity contribution in [3.05, 3.63) is 0 Å². The number of piperidine rings is 1. The van der Waals surface area contributed by atoms with Gasteiger partial charge in [0.1, 0.15) is 6.04 Å². The van der Waals surface area contributed by atoms with Gasteiger partial charge in [-0.3, -0.25) is 19.3 Å². The zero-order chi connectivity index (χ0) is 15.4. The van der Waals surface area contributed by atoms with Gasteiger partial charge in [-0.15, -0.1) is 0 Å². The van der Waals surface area contributed by atoms with Crippen LogP contribution in [0.3, 0.4) is 0 Å². The summed E-state index contributed by atoms with van der Waals surface area (Å²) in [7, 11) is 1.47. The van der Waals surface area contributed by atoms with E-state index >= 15 is 0 Å². The average molecular weight is 295 g/mol. The molecule has 1 aliphatic carbocycles. The standard InChI is InChI=1S/C15H25N3O3/c1-18-13(19)6-5-12(15(18)21)17-14(20)11-4-2-3-10(9-11)7-8-16/h10-12H,2-9,16H2,1H3,(H,17,20). The molecule has 0 aromatic carbocycles. The monoisotopic (exact) mass is 295 g/mol. The van der Waals surface area contributed by atoms with Crippen molar-refractivity contribution in [1.29, 1.82) is 0 Å². The maximum atomic E-state index is 12.4. The molecule has 0 radical (unpaired) electrons. The third-order valence-electron chi connectivity index (χ3n) is 4.69. The average Bonchev–Trinajstić information content (AvgIpc) is 2.48. The lowest BCUT2D eigenvalue weighted by Crippen LogP contribution is -2.54. The summed E-state index contributed by atoms with van der Waals surface area (Å²) in [6.07, 6.45) is 5.60. The van der Waals surface area contributed by atoms with Crippen molar-refractivity contribution < 1.29 is 14.4 Å². The fourth-order valence-corrected chi connectivity index (χ4v) is 3.37. The number of nitrogens with one attached hydrogen (secondary N) is 1. The highest BCUT2D eigenvalue weighted by Crippen LogP contribution is 2.31. The zero-order valence-electron chi connectivity index (χ0n) is 12.6. The Kier molecular flexibility index (Phi) is 5.33. The van der Waals surface area contributed by atoms with Crippen LogP contribution in [0.5, 0.6) is 0 Å². The van der Waals surface area contributed by atoms with E-state index in [9.17, 15) is 14.4 Å². The van der Waals surface area contributed by atoms with Gasteiger partial charge in [0.15, 0.2) is 0 Å². The number of amides is 3. The Hall–Kier alpha value is -1.43. The molecule has 0 aromatic rings. The highest BCUT2D eigenvalue weighted by atomic mass is 16.2. The van der Waals surface area contributed by atoms with Gasteiger partial charge in [0.05, 0.1) is 0 Å². The van der Waals surface area contributed by atoms with Gasteiger partial charge in [0, 0.05) is 19.4 Å². The Bertz CT molecular complexity index is 422. The number of nitrogens with zero attached hydrogens (tertiary/aromatic N) is 1. The molecule has 0 aromatic heterocycles. The van der Waals surface area contributed by atoms with Crippen LogP contribution in [0.4, 0.5) is 0 Å². The van der Waals surface area contributed by atoms with Gasteiger partial charge < -0.3 is 11.1 Å². The molecule has 21 heavy (non-hydrogen) atoms. The topological polar surface area (TPSA) is 92.5 Å². The number of nitrogens with two attached hydrogens (primary N) is 1. The van der Waals surface area contributed by atoms with Gasteiger partial charge >= 0.3 is 0 Å². The molecule has 2 aliphatic rings. The molecule has 1 aliphatic heterocycles. The second-order valence-electron chi connectivity index (χ2n) is 6.20. The molecule has 1 heterocycles. The Morgan fingerprint density at radius 2 is 2.10 bits per heavy atom. The third kappa shape index (κ3) is 3.81. The number of carbonyl (C=O) groups excluding carboxylic acids is 3. The molecule has 0 spiro atoms. The van der Waals surface area contributed by atoms with E-state index in [1.54, 1.807) is 0 Å². The van der Waals surface area contributed by atoms with E-state index < -0.39 is 6.04 Å². The summed E-state index contributed by atoms with van der Waals surface area (Å²) in [5, 5.41) is 2.84. The molecule has 3 N–H and O–H groups in total. The van der Waals surface area contributed by atoms with Crippen LogP contribution in [0.25, 0.3) is 0 Å². The minimum absolute atomic E-state index is 0.0222. The summed E-state index contributed by atoms with van der Waals surface area (Å²) in [6.45, 7) is 0.660. The third-order valence-corrected chi connectivity index (χ3v) is 4.69. The van der Waals surface area contributed by atoms with E-state index in [4.69, 9.17) is 5.73 Å². The maximum absolute atomic E-state index is 12.4. The van der Waals surface area contributed by atoms with E-state index in [-0.39, 0.29) is 23.6 Å². The largest absolute Gasteiger partial charge is 0.344 e. The summed E-state index contributed by atoms with van der Waals surface area (Å²) in [6, 6.07) is -0.546. The molecular formula is C15H25N3O3. The molecule has 2 fully saturated rings. The Morgan fingerprint density at radius 3 is 2.81 bits per heavy atom. The van der Waals surface area contributed by atoms with Gasteiger partial charge in [-0.1, -0.05) is 12.8 Å². The predicted octanol–water partition coefficient (Wildman–Crippen LogP) is 0.405. The maximum Gasteiger partial charge on any atom is 0.251 e. The number of rotatable bonds is 4. The first-order chi connectivity index (χ1) is 10.0. The quantitative estimate of drug-likeness (QED) is 0.735. The summed E-state index contributed by atoms with van der Waals surface area (Å²) in [5.74, 6) is -0.0187. The summed E-state index contributed by atoms with van der Waals surface area (Å²) >= 11 is 0. The van der Waals surface area contributed by atoms with E-state index in [0.29, 0.717) is 25.3 Å². The van der Waals surface area contributed by atoms with E-state index in [1.807, 2.05) is 0 Å². The molecule has 2 rings (SSSR count). The van der Waals surface area contributed by atoms with Crippen LogP contribution in [0, 0.1) is 11.8 Å². The van der Waals surface area contributed by atoms with E-state index in [2.05, 4.69) is 5.32 Å². The predicted molar refractivity (Wildman–Crippen MR) is 78.1 cm³/mol. The van der Waals surface area contributed by atoms with Crippen molar-refractivity contribution in [2.75, 3.05) is 13.6 Å². The lowest BCUT2D eigenvalue weighted by Gasteiger charge is -2.32. The van der Waals surface area contributed by atoms with Crippen molar-refractivity contribution >= 4 is 17.7 Å². The molecular weight excluding hydrogens is 270 g/mol. The molecule has 3 amide bonds. The van der Waals surface area contributed by atoms with Gasteiger partial charge in [-0.2, -0.15) is 0 Å². The van der Waals surface area contributed by atoms with Gasteiger partial charge in [-0.25, -0.2) is 0 Å². The highest BCUT2D eigenvalue weighted by Gasteiger charge is 2.35. The number of imide groups is 1. The van der Waals surface area contributed by atoms with Gasteiger partial charge in [0.25, 0.3) is 5.91 Å². The molecule has 3 atom stereocenters. The SMILES string of the molecule is CN1C(=O)CCC(NC(=O)C2CCCC(CCN)C2)C1=O. The van der Waals surface area contributed by atoms with Crippen molar-refractivity contribution in [3.63, 3.8) is 0 Å². The molecule has 1 saturated heterocycles. The normalized spacial score (nSPS) is 30.4. The van der Waals surface area contributed by atoms with E-state index in [0.717, 1.165) is 37.0 Å². The molecule has 1 saturated carbocycles. The van der Waals surface area contributed by atoms with Crippen molar-refractivity contribution in [3.8, 4) is 0 Å². The number of likely N-dealkylation sites (N-methyl/N-ethyl adjacent to an activating group) is 1.